The number of methoxy groups -OCH3 is 2. The molecule has 0 aromatic heterocycles. The fourth-order valence-electron chi connectivity index (χ4n) is 2.39. The Kier molecular flexibility index (Phi) is 7.88. The van der Waals surface area contributed by atoms with Crippen LogP contribution in [-0.4, -0.2) is 38.5 Å². The Bertz CT molecular complexity index is 383. The van der Waals surface area contributed by atoms with Gasteiger partial charge in [-0.3, -0.25) is 0 Å². The highest BCUT2D eigenvalue weighted by molar-refractivity contribution is 7.99. The third-order valence-corrected chi connectivity index (χ3v) is 4.83. The Morgan fingerprint density at radius 1 is 1.15 bits per heavy atom. The highest BCUT2D eigenvalue weighted by atomic mass is 32.2. The van der Waals surface area contributed by atoms with Crippen LogP contribution in [0.1, 0.15) is 13.8 Å². The summed E-state index contributed by atoms with van der Waals surface area (Å²) < 4.78 is 10.8. The number of hydrogen-bond acceptors (Lipinski definition) is 4. The molecule has 20 heavy (non-hydrogen) atoms. The lowest BCUT2D eigenvalue weighted by molar-refractivity contribution is -0.123. The molecule has 0 heterocycles. The van der Waals surface area contributed by atoms with Crippen molar-refractivity contribution in [1.29, 1.82) is 0 Å². The summed E-state index contributed by atoms with van der Waals surface area (Å²) in [5.74, 6) is 1.31. The van der Waals surface area contributed by atoms with Gasteiger partial charge in [0.1, 0.15) is 12.4 Å². The van der Waals surface area contributed by atoms with Gasteiger partial charge in [-0.25, -0.2) is 0 Å². The minimum atomic E-state index is -0.413. The van der Waals surface area contributed by atoms with Crippen LogP contribution in [0, 0.1) is 11.8 Å². The summed E-state index contributed by atoms with van der Waals surface area (Å²) in [6, 6.07) is 10.3. The summed E-state index contributed by atoms with van der Waals surface area (Å²) in [7, 11) is 3.26. The van der Waals surface area contributed by atoms with E-state index in [9.17, 15) is 4.79 Å². The molecular weight excluding hydrogens is 272 g/mol. The molecule has 0 saturated carbocycles. The molecule has 4 atom stereocenters. The maximum atomic E-state index is 11.0. The first kappa shape index (κ1) is 17.2. The Labute approximate surface area is 126 Å². The van der Waals surface area contributed by atoms with Gasteiger partial charge in [-0.05, 0) is 18.1 Å². The van der Waals surface area contributed by atoms with Gasteiger partial charge in [0.15, 0.2) is 0 Å². The molecule has 1 rings (SSSR count). The number of benzene rings is 1. The van der Waals surface area contributed by atoms with Gasteiger partial charge in [0.05, 0.1) is 6.10 Å². The van der Waals surface area contributed by atoms with E-state index in [0.29, 0.717) is 5.92 Å². The van der Waals surface area contributed by atoms with E-state index in [2.05, 4.69) is 19.1 Å². The van der Waals surface area contributed by atoms with Crippen LogP contribution in [0.3, 0.4) is 0 Å². The maximum Gasteiger partial charge on any atom is 0.149 e. The Hall–Kier alpha value is -0.840. The van der Waals surface area contributed by atoms with Gasteiger partial charge in [-0.2, -0.15) is 0 Å². The molecule has 0 aliphatic rings. The molecule has 1 aromatic rings. The highest BCUT2D eigenvalue weighted by Crippen LogP contribution is 2.27. The van der Waals surface area contributed by atoms with Crippen molar-refractivity contribution >= 4 is 18.0 Å². The van der Waals surface area contributed by atoms with E-state index < -0.39 is 6.10 Å². The second-order valence-corrected chi connectivity index (χ2v) is 6.09. The number of hydrogen-bond donors (Lipinski definition) is 0. The number of aldehydes is 1. The average Bonchev–Trinajstić information content (AvgIpc) is 2.48. The first-order chi connectivity index (χ1) is 9.63. The van der Waals surface area contributed by atoms with Crippen molar-refractivity contribution in [3.8, 4) is 0 Å². The highest BCUT2D eigenvalue weighted by Gasteiger charge is 2.29. The predicted molar refractivity (Wildman–Crippen MR) is 83.2 cm³/mol. The van der Waals surface area contributed by atoms with Crippen LogP contribution < -0.4 is 0 Å². The Morgan fingerprint density at radius 3 is 2.30 bits per heavy atom. The zero-order valence-corrected chi connectivity index (χ0v) is 13.4. The molecule has 112 valence electrons. The van der Waals surface area contributed by atoms with E-state index in [1.807, 2.05) is 36.9 Å². The van der Waals surface area contributed by atoms with Crippen LogP contribution in [-0.2, 0) is 14.3 Å². The molecule has 0 saturated heterocycles. The van der Waals surface area contributed by atoms with Crippen LogP contribution in [0.25, 0.3) is 0 Å². The van der Waals surface area contributed by atoms with E-state index in [1.54, 1.807) is 14.2 Å². The van der Waals surface area contributed by atoms with Crippen molar-refractivity contribution < 1.29 is 14.3 Å². The lowest BCUT2D eigenvalue weighted by Gasteiger charge is -2.30. The first-order valence-corrected chi connectivity index (χ1v) is 7.81. The van der Waals surface area contributed by atoms with E-state index in [-0.39, 0.29) is 12.0 Å². The third kappa shape index (κ3) is 4.93. The van der Waals surface area contributed by atoms with Crippen molar-refractivity contribution in [2.75, 3.05) is 20.0 Å². The minimum Gasteiger partial charge on any atom is -0.381 e. The van der Waals surface area contributed by atoms with E-state index in [0.717, 1.165) is 12.0 Å². The van der Waals surface area contributed by atoms with Crippen molar-refractivity contribution in [1.82, 2.24) is 0 Å². The molecule has 0 bridgehead atoms. The van der Waals surface area contributed by atoms with E-state index in [4.69, 9.17) is 9.47 Å². The normalized spacial score (nSPS) is 17.2. The minimum absolute atomic E-state index is 0.00126. The van der Waals surface area contributed by atoms with Gasteiger partial charge in [-0.1, -0.05) is 32.0 Å². The summed E-state index contributed by atoms with van der Waals surface area (Å²) in [6.45, 7) is 4.15. The number of carbonyl (C=O) groups is 1. The summed E-state index contributed by atoms with van der Waals surface area (Å²) in [5.41, 5.74) is 0. The number of carbonyl (C=O) groups excluding carboxylic acids is 1. The topological polar surface area (TPSA) is 35.5 Å². The fourth-order valence-corrected chi connectivity index (χ4v) is 3.38. The SMILES string of the molecule is CO[C@H]([C@H](C)[C@H](C=O)OC)[C@@H](C)CSc1ccccc1. The van der Waals surface area contributed by atoms with Gasteiger partial charge in [0, 0.05) is 30.8 Å². The quantitative estimate of drug-likeness (QED) is 0.517. The lowest BCUT2D eigenvalue weighted by atomic mass is 9.90. The van der Waals surface area contributed by atoms with Crippen LogP contribution in [0.4, 0.5) is 0 Å². The zero-order valence-electron chi connectivity index (χ0n) is 12.6. The summed E-state index contributed by atoms with van der Waals surface area (Å²) in [6.07, 6.45) is 0.443. The molecule has 3 nitrogen and oxygen atoms in total. The lowest BCUT2D eigenvalue weighted by Crippen LogP contribution is -2.38. The van der Waals surface area contributed by atoms with Gasteiger partial charge < -0.3 is 14.3 Å². The Morgan fingerprint density at radius 2 is 1.80 bits per heavy atom. The maximum absolute atomic E-state index is 11.0. The fraction of sp³-hybridized carbons (Fsp3) is 0.562. The molecule has 0 aliphatic heterocycles. The molecule has 0 amide bonds. The predicted octanol–water partition coefficient (Wildman–Crippen LogP) is 3.28. The number of rotatable bonds is 9. The van der Waals surface area contributed by atoms with Crippen LogP contribution >= 0.6 is 11.8 Å². The van der Waals surface area contributed by atoms with Gasteiger partial charge in [0.2, 0.25) is 0 Å². The molecule has 0 fully saturated rings. The third-order valence-electron chi connectivity index (χ3n) is 3.53. The standard InChI is InChI=1S/C16H24O3S/c1-12(11-20-14-8-6-5-7-9-14)16(19-4)13(2)15(10-17)18-3/h5-10,12-13,15-16H,11H2,1-4H3/t12-,13+,15-,16-/m0/s1. The molecule has 4 heteroatoms. The number of thioether (sulfide) groups is 1. The first-order valence-electron chi connectivity index (χ1n) is 6.82. The van der Waals surface area contributed by atoms with Crippen molar-refractivity contribution in [3.05, 3.63) is 30.3 Å². The molecule has 0 N–H and O–H groups in total. The molecule has 0 radical (unpaired) electrons. The second kappa shape index (κ2) is 9.16. The molecular formula is C16H24O3S. The van der Waals surface area contributed by atoms with Crippen molar-refractivity contribution in [2.24, 2.45) is 11.8 Å². The van der Waals surface area contributed by atoms with E-state index in [1.165, 1.54) is 4.90 Å². The van der Waals surface area contributed by atoms with Crippen LogP contribution in [0.2, 0.25) is 0 Å². The Balaban J connectivity index is 2.58. The van der Waals surface area contributed by atoms with Crippen molar-refractivity contribution in [3.63, 3.8) is 0 Å². The molecule has 0 unspecified atom stereocenters. The van der Waals surface area contributed by atoms with Gasteiger partial charge in [0.25, 0.3) is 0 Å². The zero-order chi connectivity index (χ0) is 15.0. The number of ether oxygens (including phenoxy) is 2. The molecule has 1 aromatic carbocycles. The van der Waals surface area contributed by atoms with Gasteiger partial charge in [-0.15, -0.1) is 11.8 Å². The molecule has 0 aliphatic carbocycles. The summed E-state index contributed by atoms with van der Waals surface area (Å²) in [5, 5.41) is 0. The monoisotopic (exact) mass is 296 g/mol. The van der Waals surface area contributed by atoms with E-state index >= 15 is 0 Å². The van der Waals surface area contributed by atoms with Gasteiger partial charge >= 0.3 is 0 Å². The average molecular weight is 296 g/mol. The van der Waals surface area contributed by atoms with Crippen LogP contribution in [0.15, 0.2) is 35.2 Å². The van der Waals surface area contributed by atoms with Crippen molar-refractivity contribution in [2.45, 2.75) is 31.0 Å². The second-order valence-electron chi connectivity index (χ2n) is 5.00. The largest absolute Gasteiger partial charge is 0.381 e. The van der Waals surface area contributed by atoms with Crippen LogP contribution in [0.5, 0.6) is 0 Å². The molecule has 0 spiro atoms. The summed E-state index contributed by atoms with van der Waals surface area (Å²) in [4.78, 5) is 12.3. The smallest absolute Gasteiger partial charge is 0.149 e. The summed E-state index contributed by atoms with van der Waals surface area (Å²) >= 11 is 1.81.